The summed E-state index contributed by atoms with van der Waals surface area (Å²) in [5.41, 5.74) is 1.98. The van der Waals surface area contributed by atoms with E-state index in [0.717, 1.165) is 22.8 Å². The molecule has 0 bridgehead atoms. The van der Waals surface area contributed by atoms with Gasteiger partial charge in [-0.1, -0.05) is 17.7 Å². The van der Waals surface area contributed by atoms with Crippen LogP contribution in [0.3, 0.4) is 0 Å². The molecular formula is C13H18ClNO. The largest absolute Gasteiger partial charge is 0.392 e. The van der Waals surface area contributed by atoms with Crippen LogP contribution in [0.4, 0.5) is 5.69 Å². The van der Waals surface area contributed by atoms with Gasteiger partial charge >= 0.3 is 0 Å². The molecule has 1 atom stereocenters. The topological polar surface area (TPSA) is 23.5 Å². The first-order chi connectivity index (χ1) is 7.72. The minimum absolute atomic E-state index is 0.0511. The molecule has 0 aliphatic carbocycles. The lowest BCUT2D eigenvalue weighted by molar-refractivity contribution is 0.282. The number of aliphatic hydroxyl groups is 1. The van der Waals surface area contributed by atoms with E-state index in [2.05, 4.69) is 11.8 Å². The molecule has 1 N–H and O–H groups in total. The van der Waals surface area contributed by atoms with Crippen molar-refractivity contribution in [1.29, 1.82) is 0 Å². The van der Waals surface area contributed by atoms with E-state index in [9.17, 15) is 0 Å². The molecule has 3 heteroatoms. The summed E-state index contributed by atoms with van der Waals surface area (Å²) in [6.45, 7) is 3.38. The maximum Gasteiger partial charge on any atom is 0.0682 e. The average Bonchev–Trinajstić information content (AvgIpc) is 2.30. The Morgan fingerprint density at radius 3 is 2.88 bits per heavy atom. The molecule has 16 heavy (non-hydrogen) atoms. The Morgan fingerprint density at radius 1 is 1.44 bits per heavy atom. The molecule has 2 nitrogen and oxygen atoms in total. The van der Waals surface area contributed by atoms with Crippen LogP contribution in [0.15, 0.2) is 18.2 Å². The summed E-state index contributed by atoms with van der Waals surface area (Å²) in [7, 11) is 0. The summed E-state index contributed by atoms with van der Waals surface area (Å²) in [4.78, 5) is 2.37. The van der Waals surface area contributed by atoms with Gasteiger partial charge in [-0.2, -0.15) is 0 Å². The van der Waals surface area contributed by atoms with E-state index in [-0.39, 0.29) is 6.61 Å². The Bertz CT molecular complexity index is 367. The van der Waals surface area contributed by atoms with E-state index in [1.165, 1.54) is 19.3 Å². The maximum atomic E-state index is 9.04. The minimum Gasteiger partial charge on any atom is -0.392 e. The number of hydrogen-bond donors (Lipinski definition) is 1. The van der Waals surface area contributed by atoms with Gasteiger partial charge < -0.3 is 10.0 Å². The second kappa shape index (κ2) is 5.07. The van der Waals surface area contributed by atoms with Gasteiger partial charge in [-0.3, -0.25) is 0 Å². The number of halogens is 1. The summed E-state index contributed by atoms with van der Waals surface area (Å²) in [6.07, 6.45) is 3.78. The van der Waals surface area contributed by atoms with Gasteiger partial charge in [0, 0.05) is 12.6 Å². The van der Waals surface area contributed by atoms with Crippen molar-refractivity contribution in [2.24, 2.45) is 0 Å². The molecule has 1 aliphatic rings. The molecule has 0 radical (unpaired) electrons. The van der Waals surface area contributed by atoms with Crippen molar-refractivity contribution in [2.75, 3.05) is 11.4 Å². The molecule has 1 aromatic carbocycles. The summed E-state index contributed by atoms with van der Waals surface area (Å²) in [6, 6.07) is 6.39. The molecule has 1 unspecified atom stereocenters. The first-order valence-electron chi connectivity index (χ1n) is 5.88. The number of nitrogens with zero attached hydrogens (tertiary/aromatic N) is 1. The Hall–Kier alpha value is -0.730. The van der Waals surface area contributed by atoms with Crippen LogP contribution in [-0.4, -0.2) is 17.7 Å². The van der Waals surface area contributed by atoms with E-state index < -0.39 is 0 Å². The van der Waals surface area contributed by atoms with Gasteiger partial charge in [-0.05, 0) is 43.9 Å². The predicted molar refractivity (Wildman–Crippen MR) is 68.0 cm³/mol. The Balaban J connectivity index is 2.25. The van der Waals surface area contributed by atoms with Crippen LogP contribution in [0.1, 0.15) is 31.7 Å². The lowest BCUT2D eigenvalue weighted by Gasteiger charge is -2.36. The SMILES string of the molecule is CC1CCCCN1c1ccc(CO)cc1Cl. The second-order valence-electron chi connectivity index (χ2n) is 4.48. The van der Waals surface area contributed by atoms with Crippen LogP contribution in [-0.2, 0) is 6.61 Å². The molecule has 1 heterocycles. The Morgan fingerprint density at radius 2 is 2.25 bits per heavy atom. The number of anilines is 1. The fourth-order valence-corrected chi connectivity index (χ4v) is 2.65. The quantitative estimate of drug-likeness (QED) is 0.857. The van der Waals surface area contributed by atoms with Gasteiger partial charge in [0.2, 0.25) is 0 Å². The molecule has 0 aromatic heterocycles. The highest BCUT2D eigenvalue weighted by molar-refractivity contribution is 6.33. The predicted octanol–water partition coefficient (Wildman–Crippen LogP) is 3.21. The smallest absolute Gasteiger partial charge is 0.0682 e. The fourth-order valence-electron chi connectivity index (χ4n) is 2.34. The minimum atomic E-state index is 0.0511. The number of rotatable bonds is 2. The zero-order chi connectivity index (χ0) is 11.5. The van der Waals surface area contributed by atoms with Crippen LogP contribution >= 0.6 is 11.6 Å². The molecule has 0 spiro atoms. The zero-order valence-corrected chi connectivity index (χ0v) is 10.4. The third kappa shape index (κ3) is 2.33. The van der Waals surface area contributed by atoms with Crippen molar-refractivity contribution in [3.8, 4) is 0 Å². The average molecular weight is 240 g/mol. The summed E-state index contributed by atoms with van der Waals surface area (Å²) in [5.74, 6) is 0. The second-order valence-corrected chi connectivity index (χ2v) is 4.89. The highest BCUT2D eigenvalue weighted by Gasteiger charge is 2.20. The summed E-state index contributed by atoms with van der Waals surface area (Å²) in [5, 5.41) is 9.79. The molecule has 2 rings (SSSR count). The molecular weight excluding hydrogens is 222 g/mol. The standard InChI is InChI=1S/C13H18ClNO/c1-10-4-2-3-7-15(10)13-6-5-11(9-16)8-12(13)14/h5-6,8,10,16H,2-4,7,9H2,1H3. The van der Waals surface area contributed by atoms with Crippen molar-refractivity contribution < 1.29 is 5.11 Å². The highest BCUT2D eigenvalue weighted by Crippen LogP contribution is 2.31. The van der Waals surface area contributed by atoms with Crippen LogP contribution in [0.2, 0.25) is 5.02 Å². The third-order valence-corrected chi connectivity index (χ3v) is 3.61. The van der Waals surface area contributed by atoms with Crippen molar-refractivity contribution in [3.63, 3.8) is 0 Å². The molecule has 1 saturated heterocycles. The van der Waals surface area contributed by atoms with Crippen LogP contribution in [0.5, 0.6) is 0 Å². The Kier molecular flexibility index (Phi) is 3.72. The van der Waals surface area contributed by atoms with Gasteiger partial charge in [0.1, 0.15) is 0 Å². The first-order valence-corrected chi connectivity index (χ1v) is 6.26. The van der Waals surface area contributed by atoms with Gasteiger partial charge in [0.25, 0.3) is 0 Å². The molecule has 0 amide bonds. The first kappa shape index (κ1) is 11.7. The lowest BCUT2D eigenvalue weighted by atomic mass is 10.0. The van der Waals surface area contributed by atoms with Gasteiger partial charge in [0.15, 0.2) is 0 Å². The van der Waals surface area contributed by atoms with E-state index >= 15 is 0 Å². The van der Waals surface area contributed by atoms with Gasteiger partial charge in [0.05, 0.1) is 17.3 Å². The lowest BCUT2D eigenvalue weighted by Crippen LogP contribution is -2.37. The van der Waals surface area contributed by atoms with Crippen molar-refractivity contribution in [2.45, 2.75) is 38.8 Å². The van der Waals surface area contributed by atoms with Crippen LogP contribution < -0.4 is 4.90 Å². The summed E-state index contributed by atoms with van der Waals surface area (Å²) < 4.78 is 0. The number of hydrogen-bond acceptors (Lipinski definition) is 2. The molecule has 0 saturated carbocycles. The number of aliphatic hydroxyl groups excluding tert-OH is 1. The van der Waals surface area contributed by atoms with E-state index in [1.54, 1.807) is 0 Å². The molecule has 1 aliphatic heterocycles. The third-order valence-electron chi connectivity index (χ3n) is 3.31. The molecule has 1 fully saturated rings. The van der Waals surface area contributed by atoms with Crippen molar-refractivity contribution in [3.05, 3.63) is 28.8 Å². The van der Waals surface area contributed by atoms with Crippen molar-refractivity contribution in [1.82, 2.24) is 0 Å². The van der Waals surface area contributed by atoms with Gasteiger partial charge in [-0.15, -0.1) is 0 Å². The van der Waals surface area contributed by atoms with Gasteiger partial charge in [-0.25, -0.2) is 0 Å². The normalized spacial score (nSPS) is 21.2. The van der Waals surface area contributed by atoms with E-state index in [0.29, 0.717) is 6.04 Å². The van der Waals surface area contributed by atoms with Crippen LogP contribution in [0, 0.1) is 0 Å². The molecule has 88 valence electrons. The monoisotopic (exact) mass is 239 g/mol. The van der Waals surface area contributed by atoms with Crippen LogP contribution in [0.25, 0.3) is 0 Å². The Labute approximate surface area is 102 Å². The number of piperidine rings is 1. The van der Waals surface area contributed by atoms with E-state index in [4.69, 9.17) is 16.7 Å². The zero-order valence-electron chi connectivity index (χ0n) is 9.62. The highest BCUT2D eigenvalue weighted by atomic mass is 35.5. The van der Waals surface area contributed by atoms with Crippen molar-refractivity contribution >= 4 is 17.3 Å². The van der Waals surface area contributed by atoms with E-state index in [1.807, 2.05) is 18.2 Å². The maximum absolute atomic E-state index is 9.04. The molecule has 1 aromatic rings. The number of benzene rings is 1. The summed E-state index contributed by atoms with van der Waals surface area (Å²) >= 11 is 6.25. The fraction of sp³-hybridized carbons (Fsp3) is 0.538.